The number of aliphatic hydroxyl groups excluding tert-OH is 1. The van der Waals surface area contributed by atoms with Gasteiger partial charge in [-0.05, 0) is 34.7 Å². The second-order valence-electron chi connectivity index (χ2n) is 3.65. The number of benzene rings is 2. The Morgan fingerprint density at radius 2 is 1.59 bits per heavy atom. The lowest BCUT2D eigenvalue weighted by atomic mass is 10.2. The highest BCUT2D eigenvalue weighted by atomic mass is 127. The Kier molecular flexibility index (Phi) is 4.39. The number of rotatable bonds is 4. The summed E-state index contributed by atoms with van der Waals surface area (Å²) >= 11 is 2.29. The minimum Gasteiger partial charge on any atom is -0.488 e. The number of hydrogen-bond acceptors (Lipinski definition) is 2. The molecule has 2 nitrogen and oxygen atoms in total. The monoisotopic (exact) mass is 340 g/mol. The van der Waals surface area contributed by atoms with Gasteiger partial charge in [0.15, 0.2) is 0 Å². The van der Waals surface area contributed by atoms with Crippen LogP contribution in [0.15, 0.2) is 48.5 Å². The van der Waals surface area contributed by atoms with Crippen LogP contribution in [0, 0.1) is 3.57 Å². The van der Waals surface area contributed by atoms with Crippen LogP contribution in [0.1, 0.15) is 11.1 Å². The maximum absolute atomic E-state index is 9.19. The molecular formula is C14H13IO2. The summed E-state index contributed by atoms with van der Waals surface area (Å²) in [7, 11) is 0. The van der Waals surface area contributed by atoms with Crippen molar-refractivity contribution in [2.75, 3.05) is 0 Å². The molecule has 0 aliphatic heterocycles. The molecule has 0 bridgehead atoms. The molecule has 2 aromatic carbocycles. The zero-order valence-electron chi connectivity index (χ0n) is 9.27. The van der Waals surface area contributed by atoms with Crippen LogP contribution in [0.4, 0.5) is 0 Å². The van der Waals surface area contributed by atoms with E-state index in [0.717, 1.165) is 16.9 Å². The third-order valence-corrected chi connectivity index (χ3v) is 3.54. The summed E-state index contributed by atoms with van der Waals surface area (Å²) in [6, 6.07) is 15.6. The third kappa shape index (κ3) is 3.20. The Morgan fingerprint density at radius 3 is 2.29 bits per heavy atom. The molecule has 0 amide bonds. The quantitative estimate of drug-likeness (QED) is 0.865. The predicted molar refractivity (Wildman–Crippen MR) is 75.9 cm³/mol. The van der Waals surface area contributed by atoms with E-state index in [2.05, 4.69) is 28.7 Å². The molecule has 0 heterocycles. The topological polar surface area (TPSA) is 29.5 Å². The van der Waals surface area contributed by atoms with Gasteiger partial charge >= 0.3 is 0 Å². The first-order valence-electron chi connectivity index (χ1n) is 5.36. The van der Waals surface area contributed by atoms with E-state index in [1.807, 2.05) is 42.5 Å². The summed E-state index contributed by atoms with van der Waals surface area (Å²) in [5.74, 6) is 0.745. The molecule has 1 N–H and O–H groups in total. The van der Waals surface area contributed by atoms with E-state index in [1.54, 1.807) is 0 Å². The molecule has 3 heteroatoms. The fourth-order valence-corrected chi connectivity index (χ4v) is 2.09. The Labute approximate surface area is 114 Å². The van der Waals surface area contributed by atoms with Crippen LogP contribution >= 0.6 is 22.6 Å². The Hall–Kier alpha value is -1.07. The molecule has 0 atom stereocenters. The van der Waals surface area contributed by atoms with E-state index in [9.17, 15) is 5.11 Å². The number of halogens is 1. The van der Waals surface area contributed by atoms with E-state index in [0.29, 0.717) is 6.61 Å². The molecule has 2 aromatic rings. The molecule has 0 aliphatic carbocycles. The smallest absolute Gasteiger partial charge is 0.125 e. The largest absolute Gasteiger partial charge is 0.488 e. The molecule has 0 unspecified atom stereocenters. The van der Waals surface area contributed by atoms with Gasteiger partial charge in [0.05, 0.1) is 6.61 Å². The van der Waals surface area contributed by atoms with Gasteiger partial charge in [0.1, 0.15) is 12.4 Å². The fraction of sp³-hybridized carbons (Fsp3) is 0.143. The van der Waals surface area contributed by atoms with E-state index >= 15 is 0 Å². The van der Waals surface area contributed by atoms with E-state index < -0.39 is 0 Å². The standard InChI is InChI=1S/C14H13IO2/c15-13-7-3-1-6-12(13)10-17-14-8-4-2-5-11(14)9-16/h1-8,16H,9-10H2. The van der Waals surface area contributed by atoms with Crippen molar-refractivity contribution in [1.82, 2.24) is 0 Å². The molecule has 0 saturated carbocycles. The van der Waals surface area contributed by atoms with Gasteiger partial charge < -0.3 is 9.84 Å². The molecule has 88 valence electrons. The molecule has 0 radical (unpaired) electrons. The lowest BCUT2D eigenvalue weighted by Crippen LogP contribution is -2.00. The van der Waals surface area contributed by atoms with Crippen molar-refractivity contribution in [3.63, 3.8) is 0 Å². The molecule has 17 heavy (non-hydrogen) atoms. The zero-order chi connectivity index (χ0) is 12.1. The summed E-state index contributed by atoms with van der Waals surface area (Å²) in [6.07, 6.45) is 0. The van der Waals surface area contributed by atoms with Crippen molar-refractivity contribution in [1.29, 1.82) is 0 Å². The van der Waals surface area contributed by atoms with Crippen molar-refractivity contribution < 1.29 is 9.84 Å². The van der Waals surface area contributed by atoms with Gasteiger partial charge in [-0.25, -0.2) is 0 Å². The zero-order valence-corrected chi connectivity index (χ0v) is 11.4. The molecule has 2 rings (SSSR count). The van der Waals surface area contributed by atoms with Crippen molar-refractivity contribution in [2.45, 2.75) is 13.2 Å². The van der Waals surface area contributed by atoms with Gasteiger partial charge in [0.2, 0.25) is 0 Å². The van der Waals surface area contributed by atoms with Gasteiger partial charge in [-0.15, -0.1) is 0 Å². The highest BCUT2D eigenvalue weighted by molar-refractivity contribution is 14.1. The summed E-state index contributed by atoms with van der Waals surface area (Å²) in [5.41, 5.74) is 1.97. The summed E-state index contributed by atoms with van der Waals surface area (Å²) in [5, 5.41) is 9.19. The number of ether oxygens (including phenoxy) is 1. The first kappa shape index (κ1) is 12.4. The maximum atomic E-state index is 9.19. The maximum Gasteiger partial charge on any atom is 0.125 e. The van der Waals surface area contributed by atoms with E-state index in [1.165, 1.54) is 3.57 Å². The average molecular weight is 340 g/mol. The second-order valence-corrected chi connectivity index (χ2v) is 4.81. The predicted octanol–water partition coefficient (Wildman–Crippen LogP) is 3.36. The number of aliphatic hydroxyl groups is 1. The van der Waals surface area contributed by atoms with Crippen molar-refractivity contribution >= 4 is 22.6 Å². The second kappa shape index (κ2) is 6.02. The first-order chi connectivity index (χ1) is 8.31. The number of para-hydroxylation sites is 1. The molecule has 0 fully saturated rings. The van der Waals surface area contributed by atoms with Gasteiger partial charge in [-0.3, -0.25) is 0 Å². The fourth-order valence-electron chi connectivity index (χ4n) is 1.55. The Bertz CT molecular complexity index is 497. The minimum absolute atomic E-state index is 0.00204. The van der Waals surface area contributed by atoms with Crippen LogP contribution in [0.2, 0.25) is 0 Å². The van der Waals surface area contributed by atoms with Gasteiger partial charge in [-0.2, -0.15) is 0 Å². The van der Waals surface area contributed by atoms with Crippen molar-refractivity contribution in [3.05, 3.63) is 63.2 Å². The Balaban J connectivity index is 2.10. The van der Waals surface area contributed by atoms with E-state index in [4.69, 9.17) is 4.74 Å². The SMILES string of the molecule is OCc1ccccc1OCc1ccccc1I. The lowest BCUT2D eigenvalue weighted by molar-refractivity contribution is 0.259. The van der Waals surface area contributed by atoms with Gasteiger partial charge in [0, 0.05) is 14.7 Å². The third-order valence-electron chi connectivity index (χ3n) is 2.48. The van der Waals surface area contributed by atoms with Gasteiger partial charge in [0.25, 0.3) is 0 Å². The van der Waals surface area contributed by atoms with Crippen LogP contribution in [0.25, 0.3) is 0 Å². The molecule has 0 aromatic heterocycles. The molecular weight excluding hydrogens is 327 g/mol. The summed E-state index contributed by atoms with van der Waals surface area (Å²) in [4.78, 5) is 0. The van der Waals surface area contributed by atoms with Crippen LogP contribution in [-0.2, 0) is 13.2 Å². The Morgan fingerprint density at radius 1 is 0.941 bits per heavy atom. The number of hydrogen-bond donors (Lipinski definition) is 1. The van der Waals surface area contributed by atoms with Crippen LogP contribution < -0.4 is 4.74 Å². The van der Waals surface area contributed by atoms with E-state index in [-0.39, 0.29) is 6.61 Å². The van der Waals surface area contributed by atoms with Crippen LogP contribution in [0.3, 0.4) is 0 Å². The summed E-state index contributed by atoms with van der Waals surface area (Å²) < 4.78 is 6.92. The van der Waals surface area contributed by atoms with Crippen molar-refractivity contribution in [3.8, 4) is 5.75 Å². The van der Waals surface area contributed by atoms with Crippen LogP contribution in [0.5, 0.6) is 5.75 Å². The lowest BCUT2D eigenvalue weighted by Gasteiger charge is -2.10. The normalized spacial score (nSPS) is 10.2. The molecule has 0 aliphatic rings. The summed E-state index contributed by atoms with van der Waals surface area (Å²) in [6.45, 7) is 0.526. The van der Waals surface area contributed by atoms with Crippen molar-refractivity contribution in [2.24, 2.45) is 0 Å². The van der Waals surface area contributed by atoms with Crippen LogP contribution in [-0.4, -0.2) is 5.11 Å². The molecule has 0 spiro atoms. The highest BCUT2D eigenvalue weighted by Gasteiger charge is 2.03. The molecule has 0 saturated heterocycles. The average Bonchev–Trinajstić information content (AvgIpc) is 2.38. The highest BCUT2D eigenvalue weighted by Crippen LogP contribution is 2.20. The van der Waals surface area contributed by atoms with Gasteiger partial charge in [-0.1, -0.05) is 36.4 Å². The minimum atomic E-state index is 0.00204. The first-order valence-corrected chi connectivity index (χ1v) is 6.44.